The van der Waals surface area contributed by atoms with E-state index in [1.165, 1.54) is 18.2 Å². The molecule has 0 saturated carbocycles. The molecule has 3 nitrogen and oxygen atoms in total. The molecule has 0 saturated heterocycles. The lowest BCUT2D eigenvalue weighted by atomic mass is 10.4. The molecular formula is C6H7NO2S. The van der Waals surface area contributed by atoms with Crippen LogP contribution in [0.5, 0.6) is 0 Å². The fourth-order valence-corrected chi connectivity index (χ4v) is 0.966. The van der Waals surface area contributed by atoms with E-state index < -0.39 is 14.9 Å². The van der Waals surface area contributed by atoms with E-state index in [2.05, 4.69) is 0 Å². The van der Waals surface area contributed by atoms with Crippen molar-refractivity contribution in [2.45, 2.75) is 4.90 Å². The summed E-state index contributed by atoms with van der Waals surface area (Å²) in [4.78, 5) is -0.426. The quantitative estimate of drug-likeness (QED) is 0.642. The molecule has 54 valence electrons. The van der Waals surface area contributed by atoms with E-state index in [0.29, 0.717) is 0 Å². The predicted molar refractivity (Wildman–Crippen MR) is 37.8 cm³/mol. The normalized spacial score (nSPS) is 14.1. The zero-order valence-corrected chi connectivity index (χ0v) is 5.85. The molecule has 1 aromatic rings. The Bertz CT molecular complexity index is 382. The highest BCUT2D eigenvalue weighted by Crippen LogP contribution is 2.02. The summed E-state index contributed by atoms with van der Waals surface area (Å²) in [5, 5.41) is 4.79. The van der Waals surface area contributed by atoms with Gasteiger partial charge in [0.25, 0.3) is 0 Å². The van der Waals surface area contributed by atoms with Gasteiger partial charge in [-0.2, -0.15) is 0 Å². The third-order valence-corrected chi connectivity index (χ3v) is 1.71. The van der Waals surface area contributed by atoms with Crippen molar-refractivity contribution in [3.05, 3.63) is 30.3 Å². The van der Waals surface area contributed by atoms with E-state index in [1.54, 1.807) is 0 Å². The Morgan fingerprint density at radius 3 is 2.10 bits per heavy atom. The van der Waals surface area contributed by atoms with Crippen LogP contribution in [0.15, 0.2) is 35.2 Å². The molecule has 0 bridgehead atoms. The highest BCUT2D eigenvalue weighted by Gasteiger charge is 2.03. The number of rotatable bonds is 1. The third kappa shape index (κ3) is 1.55. The second-order valence-corrected chi connectivity index (χ2v) is 3.19. The minimum absolute atomic E-state index is 0.245. The fourth-order valence-electron chi connectivity index (χ4n) is 0.502. The van der Waals surface area contributed by atoms with Crippen molar-refractivity contribution >= 4 is 10.0 Å². The molecule has 0 atom stereocenters. The standard InChI is InChI=1S/C6H7NO2S/c7-10(8,9)6-4-2-1-3-5-6/h1-5H,(H2,7,8,9)/i4D,5D. The number of benzene rings is 1. The zero-order chi connectivity index (χ0) is 9.35. The third-order valence-electron chi connectivity index (χ3n) is 0.906. The van der Waals surface area contributed by atoms with Crippen molar-refractivity contribution in [3.8, 4) is 0 Å². The SMILES string of the molecule is [2H]c1cccc([2H])c1S(N)(=O)=O. The minimum Gasteiger partial charge on any atom is -0.225 e. The van der Waals surface area contributed by atoms with E-state index in [1.807, 2.05) is 0 Å². The van der Waals surface area contributed by atoms with Gasteiger partial charge in [-0.3, -0.25) is 0 Å². The molecule has 0 aromatic heterocycles. The molecule has 1 aromatic carbocycles. The lowest BCUT2D eigenvalue weighted by Gasteiger charge is -1.93. The van der Waals surface area contributed by atoms with Crippen LogP contribution in [0.3, 0.4) is 0 Å². The number of hydrogen-bond acceptors (Lipinski definition) is 2. The first-order chi connectivity index (χ1) is 5.43. The van der Waals surface area contributed by atoms with Crippen LogP contribution in [0.1, 0.15) is 2.74 Å². The summed E-state index contributed by atoms with van der Waals surface area (Å²) in [5.41, 5.74) is 0. The Labute approximate surface area is 62.3 Å². The maximum Gasteiger partial charge on any atom is 0.238 e. The Hall–Kier alpha value is -0.870. The Morgan fingerprint density at radius 1 is 1.30 bits per heavy atom. The Morgan fingerprint density at radius 2 is 1.80 bits per heavy atom. The molecule has 1 rings (SSSR count). The molecule has 10 heavy (non-hydrogen) atoms. The van der Waals surface area contributed by atoms with Crippen molar-refractivity contribution < 1.29 is 11.2 Å². The molecule has 0 spiro atoms. The lowest BCUT2D eigenvalue weighted by molar-refractivity contribution is 0.598. The summed E-state index contributed by atoms with van der Waals surface area (Å²) in [6.45, 7) is 0. The average Bonchev–Trinajstić information content (AvgIpc) is 1.82. The van der Waals surface area contributed by atoms with Gasteiger partial charge >= 0.3 is 0 Å². The van der Waals surface area contributed by atoms with Crippen molar-refractivity contribution in [2.24, 2.45) is 5.14 Å². The van der Waals surface area contributed by atoms with Gasteiger partial charge in [-0.25, -0.2) is 13.6 Å². The summed E-state index contributed by atoms with van der Waals surface area (Å²) < 4.78 is 36.0. The number of sulfonamides is 1. The van der Waals surface area contributed by atoms with Gasteiger partial charge in [-0.05, 0) is 12.1 Å². The highest BCUT2D eigenvalue weighted by molar-refractivity contribution is 7.89. The largest absolute Gasteiger partial charge is 0.238 e. The van der Waals surface area contributed by atoms with Gasteiger partial charge in [0, 0.05) is 0 Å². The maximum absolute atomic E-state index is 10.8. The first-order valence-corrected chi connectivity index (χ1v) is 4.06. The van der Waals surface area contributed by atoms with Crippen molar-refractivity contribution in [3.63, 3.8) is 0 Å². The van der Waals surface area contributed by atoms with Crippen LogP contribution in [-0.4, -0.2) is 8.42 Å². The molecule has 0 radical (unpaired) electrons. The molecule has 0 unspecified atom stereocenters. The molecule has 0 fully saturated rings. The van der Waals surface area contributed by atoms with E-state index in [-0.39, 0.29) is 12.1 Å². The minimum atomic E-state index is -3.94. The van der Waals surface area contributed by atoms with Crippen LogP contribution in [0.4, 0.5) is 0 Å². The van der Waals surface area contributed by atoms with Gasteiger partial charge in [0.05, 0.1) is 7.64 Å². The van der Waals surface area contributed by atoms with Gasteiger partial charge in [0.15, 0.2) is 0 Å². The van der Waals surface area contributed by atoms with Gasteiger partial charge in [-0.1, -0.05) is 18.2 Å². The van der Waals surface area contributed by atoms with Crippen LogP contribution < -0.4 is 5.14 Å². The molecule has 2 N–H and O–H groups in total. The van der Waals surface area contributed by atoms with Crippen molar-refractivity contribution in [1.29, 1.82) is 0 Å². The summed E-state index contributed by atoms with van der Waals surface area (Å²) in [6.07, 6.45) is 0. The van der Waals surface area contributed by atoms with E-state index in [4.69, 9.17) is 7.88 Å². The molecule has 0 aliphatic rings. The Balaban J connectivity index is 3.53. The summed E-state index contributed by atoms with van der Waals surface area (Å²) in [5.74, 6) is 0. The Kier molecular flexibility index (Phi) is 1.17. The fraction of sp³-hybridized carbons (Fsp3) is 0. The zero-order valence-electron chi connectivity index (χ0n) is 7.03. The lowest BCUT2D eigenvalue weighted by Crippen LogP contribution is -2.11. The van der Waals surface area contributed by atoms with Crippen molar-refractivity contribution in [1.82, 2.24) is 0 Å². The van der Waals surface area contributed by atoms with Crippen LogP contribution in [0.25, 0.3) is 0 Å². The summed E-state index contributed by atoms with van der Waals surface area (Å²) >= 11 is 0. The van der Waals surface area contributed by atoms with E-state index in [9.17, 15) is 8.42 Å². The highest BCUT2D eigenvalue weighted by atomic mass is 32.2. The number of primary sulfonamides is 1. The monoisotopic (exact) mass is 159 g/mol. The maximum atomic E-state index is 10.8. The topological polar surface area (TPSA) is 60.2 Å². The predicted octanol–water partition coefficient (Wildman–Crippen LogP) is 0.334. The number of hydrogen-bond donors (Lipinski definition) is 1. The molecule has 0 amide bonds. The molecular weight excluding hydrogens is 150 g/mol. The first-order valence-electron chi connectivity index (χ1n) is 3.52. The second kappa shape index (κ2) is 2.40. The average molecular weight is 159 g/mol. The summed E-state index contributed by atoms with van der Waals surface area (Å²) in [7, 11) is -3.94. The number of nitrogens with two attached hydrogens (primary N) is 1. The molecule has 0 aliphatic carbocycles. The van der Waals surface area contributed by atoms with Crippen LogP contribution >= 0.6 is 0 Å². The van der Waals surface area contributed by atoms with Crippen LogP contribution in [-0.2, 0) is 10.0 Å². The van der Waals surface area contributed by atoms with Gasteiger partial charge in [-0.15, -0.1) is 0 Å². The van der Waals surface area contributed by atoms with E-state index >= 15 is 0 Å². The smallest absolute Gasteiger partial charge is 0.225 e. The van der Waals surface area contributed by atoms with Gasteiger partial charge < -0.3 is 0 Å². The van der Waals surface area contributed by atoms with Gasteiger partial charge in [0.2, 0.25) is 10.0 Å². The molecule has 4 heteroatoms. The van der Waals surface area contributed by atoms with Gasteiger partial charge in [0.1, 0.15) is 0 Å². The molecule has 0 heterocycles. The van der Waals surface area contributed by atoms with Crippen LogP contribution in [0.2, 0.25) is 0 Å². The van der Waals surface area contributed by atoms with E-state index in [0.717, 1.165) is 0 Å². The van der Waals surface area contributed by atoms with Crippen molar-refractivity contribution in [2.75, 3.05) is 0 Å². The second-order valence-electron chi connectivity index (χ2n) is 1.69. The first kappa shape index (κ1) is 4.87. The summed E-state index contributed by atoms with van der Waals surface area (Å²) in [6, 6.07) is 3.49. The van der Waals surface area contributed by atoms with Crippen LogP contribution in [0, 0.1) is 0 Å². The molecule has 0 aliphatic heterocycles.